The van der Waals surface area contributed by atoms with Gasteiger partial charge in [0.1, 0.15) is 11.6 Å². The minimum Gasteiger partial charge on any atom is -0.496 e. The standard InChI is InChI=1S/C17H22N4O2S/c1-5-10-21-13(3)19-20-17(21)24-12(2)16(22)18-11-14-8-6-7-9-15(14)23-4/h5-9,12H,1,10-11H2,2-4H3,(H,18,22). The minimum atomic E-state index is -0.285. The van der Waals surface area contributed by atoms with Gasteiger partial charge in [0.15, 0.2) is 5.16 Å². The summed E-state index contributed by atoms with van der Waals surface area (Å²) >= 11 is 1.38. The van der Waals surface area contributed by atoms with E-state index in [1.165, 1.54) is 11.8 Å². The summed E-state index contributed by atoms with van der Waals surface area (Å²) in [5, 5.41) is 11.6. The topological polar surface area (TPSA) is 69.0 Å². The molecule has 7 heteroatoms. The molecule has 1 heterocycles. The van der Waals surface area contributed by atoms with E-state index in [-0.39, 0.29) is 11.2 Å². The van der Waals surface area contributed by atoms with Crippen LogP contribution in [0.1, 0.15) is 18.3 Å². The summed E-state index contributed by atoms with van der Waals surface area (Å²) in [7, 11) is 1.62. The van der Waals surface area contributed by atoms with E-state index in [9.17, 15) is 4.79 Å². The number of hydrogen-bond donors (Lipinski definition) is 1. The summed E-state index contributed by atoms with van der Waals surface area (Å²) in [5.74, 6) is 1.51. The molecule has 0 spiro atoms. The van der Waals surface area contributed by atoms with Crippen molar-refractivity contribution < 1.29 is 9.53 Å². The molecule has 2 aromatic rings. The van der Waals surface area contributed by atoms with Crippen LogP contribution in [0.2, 0.25) is 0 Å². The predicted octanol–water partition coefficient (Wildman–Crippen LogP) is 2.58. The molecule has 0 aliphatic carbocycles. The Balaban J connectivity index is 1.96. The van der Waals surface area contributed by atoms with E-state index < -0.39 is 0 Å². The second-order valence-corrected chi connectivity index (χ2v) is 6.53. The first-order valence-electron chi connectivity index (χ1n) is 7.63. The van der Waals surface area contributed by atoms with E-state index in [0.717, 1.165) is 17.1 Å². The molecule has 6 nitrogen and oxygen atoms in total. The number of amides is 1. The zero-order chi connectivity index (χ0) is 17.5. The number of hydrogen-bond acceptors (Lipinski definition) is 5. The Labute approximate surface area is 146 Å². The highest BCUT2D eigenvalue weighted by molar-refractivity contribution is 8.00. The van der Waals surface area contributed by atoms with Crippen molar-refractivity contribution in [2.24, 2.45) is 0 Å². The van der Waals surface area contributed by atoms with Crippen molar-refractivity contribution in [1.82, 2.24) is 20.1 Å². The minimum absolute atomic E-state index is 0.0586. The first-order valence-corrected chi connectivity index (χ1v) is 8.51. The zero-order valence-corrected chi connectivity index (χ0v) is 15.0. The van der Waals surface area contributed by atoms with Gasteiger partial charge in [0.25, 0.3) is 0 Å². The molecule has 0 aliphatic rings. The molecule has 0 radical (unpaired) electrons. The number of carbonyl (C=O) groups excluding carboxylic acids is 1. The second-order valence-electron chi connectivity index (χ2n) is 5.22. The van der Waals surface area contributed by atoms with Crippen molar-refractivity contribution in [1.29, 1.82) is 0 Å². The van der Waals surface area contributed by atoms with Gasteiger partial charge in [0.2, 0.25) is 5.91 Å². The highest BCUT2D eigenvalue weighted by atomic mass is 32.2. The number of rotatable bonds is 8. The average molecular weight is 346 g/mol. The number of thioether (sulfide) groups is 1. The normalized spacial score (nSPS) is 11.8. The fourth-order valence-corrected chi connectivity index (χ4v) is 3.10. The third-order valence-corrected chi connectivity index (χ3v) is 4.59. The number of aryl methyl sites for hydroxylation is 1. The molecule has 0 aliphatic heterocycles. The van der Waals surface area contributed by atoms with Gasteiger partial charge in [-0.25, -0.2) is 0 Å². The van der Waals surface area contributed by atoms with Crippen LogP contribution < -0.4 is 10.1 Å². The summed E-state index contributed by atoms with van der Waals surface area (Å²) in [5.41, 5.74) is 0.941. The van der Waals surface area contributed by atoms with Crippen molar-refractivity contribution >= 4 is 17.7 Å². The summed E-state index contributed by atoms with van der Waals surface area (Å²) < 4.78 is 7.22. The van der Waals surface area contributed by atoms with E-state index in [4.69, 9.17) is 4.74 Å². The molecule has 128 valence electrons. The fourth-order valence-electron chi connectivity index (χ4n) is 2.17. The lowest BCUT2D eigenvalue weighted by Crippen LogP contribution is -2.30. The number of ether oxygens (including phenoxy) is 1. The molecule has 0 saturated carbocycles. The lowest BCUT2D eigenvalue weighted by Gasteiger charge is -2.13. The maximum Gasteiger partial charge on any atom is 0.233 e. The van der Waals surface area contributed by atoms with Gasteiger partial charge >= 0.3 is 0 Å². The third-order valence-electron chi connectivity index (χ3n) is 3.51. The maximum absolute atomic E-state index is 12.3. The summed E-state index contributed by atoms with van der Waals surface area (Å²) in [4.78, 5) is 12.3. The van der Waals surface area contributed by atoms with Crippen LogP contribution in [-0.4, -0.2) is 33.0 Å². The molecule has 1 aromatic heterocycles. The summed E-state index contributed by atoms with van der Waals surface area (Å²) in [6.07, 6.45) is 1.78. The molecular weight excluding hydrogens is 324 g/mol. The Kier molecular flexibility index (Phi) is 6.43. The molecule has 0 bridgehead atoms. The van der Waals surface area contributed by atoms with E-state index in [2.05, 4.69) is 22.1 Å². The number of aromatic nitrogens is 3. The first-order chi connectivity index (χ1) is 11.6. The van der Waals surface area contributed by atoms with Gasteiger partial charge in [-0.1, -0.05) is 36.0 Å². The van der Waals surface area contributed by atoms with Crippen LogP contribution in [0.25, 0.3) is 0 Å². The Morgan fingerprint density at radius 1 is 1.46 bits per heavy atom. The number of nitrogens with one attached hydrogen (secondary N) is 1. The van der Waals surface area contributed by atoms with Crippen LogP contribution >= 0.6 is 11.8 Å². The molecule has 1 unspecified atom stereocenters. The molecule has 1 atom stereocenters. The Hall–Kier alpha value is -2.28. The molecule has 1 aromatic carbocycles. The monoisotopic (exact) mass is 346 g/mol. The molecule has 2 rings (SSSR count). The van der Waals surface area contributed by atoms with Crippen molar-refractivity contribution in [3.8, 4) is 5.75 Å². The highest BCUT2D eigenvalue weighted by Gasteiger charge is 2.19. The van der Waals surface area contributed by atoms with Crippen LogP contribution in [-0.2, 0) is 17.9 Å². The van der Waals surface area contributed by atoms with Gasteiger partial charge in [0.05, 0.1) is 12.4 Å². The molecular formula is C17H22N4O2S. The highest BCUT2D eigenvalue weighted by Crippen LogP contribution is 2.23. The van der Waals surface area contributed by atoms with Crippen molar-refractivity contribution in [3.63, 3.8) is 0 Å². The number of allylic oxidation sites excluding steroid dienone is 1. The Bertz CT molecular complexity index is 714. The van der Waals surface area contributed by atoms with Crippen LogP contribution in [0.5, 0.6) is 5.75 Å². The lowest BCUT2D eigenvalue weighted by molar-refractivity contribution is -0.120. The largest absolute Gasteiger partial charge is 0.496 e. The van der Waals surface area contributed by atoms with Crippen LogP contribution in [0.15, 0.2) is 42.1 Å². The van der Waals surface area contributed by atoms with Gasteiger partial charge in [-0.15, -0.1) is 16.8 Å². The Morgan fingerprint density at radius 3 is 2.92 bits per heavy atom. The maximum atomic E-state index is 12.3. The SMILES string of the molecule is C=CCn1c(C)nnc1SC(C)C(=O)NCc1ccccc1OC. The number of carbonyl (C=O) groups is 1. The van der Waals surface area contributed by atoms with Gasteiger partial charge < -0.3 is 14.6 Å². The number of nitrogens with zero attached hydrogens (tertiary/aromatic N) is 3. The predicted molar refractivity (Wildman–Crippen MR) is 95.1 cm³/mol. The lowest BCUT2D eigenvalue weighted by atomic mass is 10.2. The smallest absolute Gasteiger partial charge is 0.233 e. The van der Waals surface area contributed by atoms with Gasteiger partial charge in [-0.3, -0.25) is 4.79 Å². The van der Waals surface area contributed by atoms with Gasteiger partial charge in [-0.05, 0) is 19.9 Å². The van der Waals surface area contributed by atoms with Gasteiger partial charge in [-0.2, -0.15) is 0 Å². The Morgan fingerprint density at radius 2 is 2.21 bits per heavy atom. The average Bonchev–Trinajstić information content (AvgIpc) is 2.93. The van der Waals surface area contributed by atoms with Crippen LogP contribution in [0.4, 0.5) is 0 Å². The van der Waals surface area contributed by atoms with E-state index in [0.29, 0.717) is 18.2 Å². The summed E-state index contributed by atoms with van der Waals surface area (Å²) in [6, 6.07) is 7.63. The number of methoxy groups -OCH3 is 1. The first kappa shape index (κ1) is 18.1. The second kappa shape index (κ2) is 8.54. The van der Waals surface area contributed by atoms with Crippen LogP contribution in [0, 0.1) is 6.92 Å². The van der Waals surface area contributed by atoms with E-state index in [1.807, 2.05) is 42.7 Å². The van der Waals surface area contributed by atoms with E-state index >= 15 is 0 Å². The zero-order valence-electron chi connectivity index (χ0n) is 14.2. The molecule has 0 fully saturated rings. The van der Waals surface area contributed by atoms with Gasteiger partial charge in [0, 0.05) is 18.7 Å². The van der Waals surface area contributed by atoms with Crippen molar-refractivity contribution in [2.45, 2.75) is 37.3 Å². The van der Waals surface area contributed by atoms with Crippen molar-refractivity contribution in [2.75, 3.05) is 7.11 Å². The molecule has 24 heavy (non-hydrogen) atoms. The third kappa shape index (κ3) is 4.38. The van der Waals surface area contributed by atoms with Crippen LogP contribution in [0.3, 0.4) is 0 Å². The van der Waals surface area contributed by atoms with E-state index in [1.54, 1.807) is 13.2 Å². The molecule has 0 saturated heterocycles. The molecule has 1 amide bonds. The quantitative estimate of drug-likeness (QED) is 0.588. The number of benzene rings is 1. The number of para-hydroxylation sites is 1. The summed E-state index contributed by atoms with van der Waals surface area (Å²) in [6.45, 7) is 8.51. The van der Waals surface area contributed by atoms with Crippen molar-refractivity contribution in [3.05, 3.63) is 48.3 Å². The fraction of sp³-hybridized carbons (Fsp3) is 0.353. The molecule has 1 N–H and O–H groups in total.